The average Bonchev–Trinajstić information content (AvgIpc) is 2.67. The lowest BCUT2D eigenvalue weighted by Crippen LogP contribution is -2.30. The van der Waals surface area contributed by atoms with Crippen LogP contribution in [0.4, 0.5) is 5.69 Å². The van der Waals surface area contributed by atoms with Gasteiger partial charge in [-0.25, -0.2) is 4.90 Å². The van der Waals surface area contributed by atoms with Crippen LogP contribution in [-0.2, 0) is 14.2 Å². The van der Waals surface area contributed by atoms with Gasteiger partial charge in [0.2, 0.25) is 0 Å². The van der Waals surface area contributed by atoms with E-state index in [-0.39, 0.29) is 5.56 Å². The highest BCUT2D eigenvalue weighted by atomic mass is 31.2. The molecule has 0 spiro atoms. The molecule has 20 heavy (non-hydrogen) atoms. The van der Waals surface area contributed by atoms with E-state index < -0.39 is 25.3 Å². The van der Waals surface area contributed by atoms with Gasteiger partial charge in [0.1, 0.15) is 0 Å². The Bertz CT molecular complexity index is 644. The maximum absolute atomic E-state index is 11.6. The van der Waals surface area contributed by atoms with Gasteiger partial charge in [-0.05, 0) is 24.3 Å². The van der Waals surface area contributed by atoms with Gasteiger partial charge in [-0.15, -0.1) is 0 Å². The Hall–Kier alpha value is -2.28. The minimum Gasteiger partial charge on any atom is -0.279 e. The van der Waals surface area contributed by atoms with E-state index in [0.29, 0.717) is 5.69 Å². The molecule has 8 nitrogen and oxygen atoms in total. The van der Waals surface area contributed by atoms with E-state index >= 15 is 0 Å². The second-order valence-electron chi connectivity index (χ2n) is 4.04. The number of carbonyl (C=O) groups excluding carboxylic acids is 3. The molecule has 0 aliphatic carbocycles. The van der Waals surface area contributed by atoms with Crippen molar-refractivity contribution in [2.24, 2.45) is 11.0 Å². The summed E-state index contributed by atoms with van der Waals surface area (Å²) in [5.41, 5.74) is 10.5. The number of rotatable bonds is 3. The van der Waals surface area contributed by atoms with E-state index in [2.05, 4.69) is 0 Å². The van der Waals surface area contributed by atoms with E-state index in [4.69, 9.17) is 11.0 Å². The number of amides is 3. The molecule has 1 aliphatic heterocycles. The van der Waals surface area contributed by atoms with Gasteiger partial charge in [0.25, 0.3) is 17.7 Å². The standard InChI is InChI=1S/C11H11N4O4P/c12-20(13,19)14-11(18)7-1-3-8(4-2-7)15-9(16)5-6-10(15)17/h1-6H,(H5,12,13,14,18,19). The molecule has 104 valence electrons. The van der Waals surface area contributed by atoms with Gasteiger partial charge in [0.05, 0.1) is 5.69 Å². The summed E-state index contributed by atoms with van der Waals surface area (Å²) in [6.07, 6.45) is 2.31. The van der Waals surface area contributed by atoms with Crippen molar-refractivity contribution in [3.63, 3.8) is 0 Å². The number of anilines is 1. The Morgan fingerprint density at radius 1 is 1.05 bits per heavy atom. The van der Waals surface area contributed by atoms with Crippen LogP contribution in [0.15, 0.2) is 36.4 Å². The Morgan fingerprint density at radius 3 is 2.00 bits per heavy atom. The summed E-state index contributed by atoms with van der Waals surface area (Å²) in [5, 5.41) is 1.95. The Kier molecular flexibility index (Phi) is 3.54. The quantitative estimate of drug-likeness (QED) is 0.525. The predicted molar refractivity (Wildman–Crippen MR) is 71.5 cm³/mol. The third-order valence-corrected chi connectivity index (χ3v) is 3.03. The summed E-state index contributed by atoms with van der Waals surface area (Å²) < 4.78 is 11.1. The van der Waals surface area contributed by atoms with Gasteiger partial charge < -0.3 is 0 Å². The summed E-state index contributed by atoms with van der Waals surface area (Å²) in [6.45, 7) is 0. The third-order valence-electron chi connectivity index (χ3n) is 2.47. The first-order chi connectivity index (χ1) is 9.28. The molecule has 1 aliphatic rings. The van der Waals surface area contributed by atoms with Gasteiger partial charge in [-0.2, -0.15) is 0 Å². The molecule has 0 saturated carbocycles. The zero-order valence-electron chi connectivity index (χ0n) is 10.1. The average molecular weight is 294 g/mol. The minimum atomic E-state index is -3.67. The maximum atomic E-state index is 11.6. The molecule has 1 heterocycles. The van der Waals surface area contributed by atoms with Gasteiger partial charge in [-0.3, -0.25) is 35.0 Å². The largest absolute Gasteiger partial charge is 0.300 e. The molecule has 0 saturated heterocycles. The van der Waals surface area contributed by atoms with Crippen LogP contribution in [-0.4, -0.2) is 17.7 Å². The zero-order chi connectivity index (χ0) is 14.9. The lowest BCUT2D eigenvalue weighted by Gasteiger charge is -2.14. The van der Waals surface area contributed by atoms with Crippen LogP contribution in [0.5, 0.6) is 0 Å². The maximum Gasteiger partial charge on any atom is 0.300 e. The number of hydrogen-bond acceptors (Lipinski definition) is 4. The Balaban J connectivity index is 2.19. The first-order valence-corrected chi connectivity index (χ1v) is 7.28. The monoisotopic (exact) mass is 294 g/mol. The van der Waals surface area contributed by atoms with Crippen LogP contribution in [0.25, 0.3) is 0 Å². The number of carbonyl (C=O) groups is 3. The molecule has 0 unspecified atom stereocenters. The van der Waals surface area contributed by atoms with Gasteiger partial charge in [-0.1, -0.05) is 0 Å². The van der Waals surface area contributed by atoms with Crippen LogP contribution < -0.4 is 21.0 Å². The van der Waals surface area contributed by atoms with Crippen LogP contribution >= 0.6 is 7.59 Å². The van der Waals surface area contributed by atoms with Gasteiger partial charge in [0.15, 0.2) is 0 Å². The predicted octanol–water partition coefficient (Wildman–Crippen LogP) is -0.129. The first kappa shape index (κ1) is 14.1. The Morgan fingerprint density at radius 2 is 1.55 bits per heavy atom. The van der Waals surface area contributed by atoms with Crippen molar-refractivity contribution in [3.05, 3.63) is 42.0 Å². The van der Waals surface area contributed by atoms with Crippen molar-refractivity contribution in [3.8, 4) is 0 Å². The molecule has 1 aromatic carbocycles. The smallest absolute Gasteiger partial charge is 0.279 e. The number of hydrogen-bond donors (Lipinski definition) is 3. The highest BCUT2D eigenvalue weighted by Crippen LogP contribution is 2.22. The summed E-state index contributed by atoms with van der Waals surface area (Å²) >= 11 is 0. The molecule has 2 rings (SSSR count). The highest BCUT2D eigenvalue weighted by molar-refractivity contribution is 7.57. The van der Waals surface area contributed by atoms with Crippen molar-refractivity contribution in [2.75, 3.05) is 4.90 Å². The van der Waals surface area contributed by atoms with Crippen molar-refractivity contribution < 1.29 is 18.9 Å². The van der Waals surface area contributed by atoms with Crippen LogP contribution in [0, 0.1) is 0 Å². The zero-order valence-corrected chi connectivity index (χ0v) is 11.0. The van der Waals surface area contributed by atoms with E-state index in [1.54, 1.807) is 0 Å². The van der Waals surface area contributed by atoms with Crippen molar-refractivity contribution >= 4 is 31.0 Å². The molecular weight excluding hydrogens is 283 g/mol. The number of imide groups is 1. The second-order valence-corrected chi connectivity index (χ2v) is 5.68. The van der Waals surface area contributed by atoms with Crippen LogP contribution in [0.2, 0.25) is 0 Å². The number of nitrogens with two attached hydrogens (primary N) is 2. The molecule has 0 aromatic heterocycles. The van der Waals surface area contributed by atoms with Crippen LogP contribution in [0.1, 0.15) is 10.4 Å². The summed E-state index contributed by atoms with van der Waals surface area (Å²) in [6, 6.07) is 5.55. The number of nitrogens with zero attached hydrogens (tertiary/aromatic N) is 1. The van der Waals surface area contributed by atoms with Crippen molar-refractivity contribution in [1.82, 2.24) is 5.09 Å². The molecule has 9 heteroatoms. The Labute approximate surface area is 113 Å². The van der Waals surface area contributed by atoms with Crippen LogP contribution in [0.3, 0.4) is 0 Å². The molecule has 0 radical (unpaired) electrons. The minimum absolute atomic E-state index is 0.150. The van der Waals surface area contributed by atoms with E-state index in [9.17, 15) is 18.9 Å². The molecule has 0 fully saturated rings. The molecule has 5 N–H and O–H groups in total. The SMILES string of the molecule is NP(N)(=O)NC(=O)c1ccc(N2C(=O)C=CC2=O)cc1. The fourth-order valence-electron chi connectivity index (χ4n) is 1.64. The number of nitrogens with one attached hydrogen (secondary N) is 1. The summed E-state index contributed by atoms with van der Waals surface area (Å²) in [4.78, 5) is 35.5. The second kappa shape index (κ2) is 5.01. The lowest BCUT2D eigenvalue weighted by molar-refractivity contribution is -0.119. The topological polar surface area (TPSA) is 136 Å². The molecule has 3 amide bonds. The van der Waals surface area contributed by atoms with E-state index in [0.717, 1.165) is 17.1 Å². The molecule has 0 bridgehead atoms. The lowest BCUT2D eigenvalue weighted by atomic mass is 10.2. The molecule has 1 aromatic rings. The normalized spacial score (nSPS) is 14.8. The van der Waals surface area contributed by atoms with E-state index in [1.807, 2.05) is 5.09 Å². The summed E-state index contributed by atoms with van der Waals surface area (Å²) in [7, 11) is -3.67. The van der Waals surface area contributed by atoms with Crippen molar-refractivity contribution in [1.29, 1.82) is 0 Å². The fraction of sp³-hybridized carbons (Fsp3) is 0. The highest BCUT2D eigenvalue weighted by Gasteiger charge is 2.25. The first-order valence-electron chi connectivity index (χ1n) is 5.44. The fourth-order valence-corrected chi connectivity index (χ4v) is 2.09. The summed E-state index contributed by atoms with van der Waals surface area (Å²) in [5.74, 6) is -1.62. The molecular formula is C11H11N4O4P. The van der Waals surface area contributed by atoms with E-state index in [1.165, 1.54) is 24.3 Å². The van der Waals surface area contributed by atoms with Crippen molar-refractivity contribution in [2.45, 2.75) is 0 Å². The van der Waals surface area contributed by atoms with Gasteiger partial charge >= 0.3 is 7.59 Å². The van der Waals surface area contributed by atoms with Gasteiger partial charge in [0, 0.05) is 17.7 Å². The number of benzene rings is 1. The molecule has 0 atom stereocenters. The third kappa shape index (κ3) is 3.00.